The van der Waals surface area contributed by atoms with Crippen molar-refractivity contribution in [2.75, 3.05) is 26.2 Å². The Morgan fingerprint density at radius 3 is 2.48 bits per heavy atom. The Morgan fingerprint density at radius 2 is 1.95 bits per heavy atom. The van der Waals surface area contributed by atoms with Crippen LogP contribution in [0.2, 0.25) is 0 Å². The Kier molecular flexibility index (Phi) is 6.06. The molecule has 1 aliphatic heterocycles. The van der Waals surface area contributed by atoms with Crippen molar-refractivity contribution >= 4 is 5.97 Å². The Bertz CT molecular complexity index is 336. The first-order chi connectivity index (χ1) is 10.1. The van der Waals surface area contributed by atoms with Crippen LogP contribution in [0.15, 0.2) is 0 Å². The van der Waals surface area contributed by atoms with Crippen LogP contribution in [0, 0.1) is 11.8 Å². The number of rotatable bonds is 9. The van der Waals surface area contributed by atoms with Gasteiger partial charge in [-0.05, 0) is 63.5 Å². The van der Waals surface area contributed by atoms with Crippen LogP contribution in [0.1, 0.15) is 58.8 Å². The van der Waals surface area contributed by atoms with Gasteiger partial charge in [-0.3, -0.25) is 4.79 Å². The van der Waals surface area contributed by atoms with Crippen molar-refractivity contribution in [3.63, 3.8) is 0 Å². The van der Waals surface area contributed by atoms with E-state index in [0.29, 0.717) is 6.42 Å². The van der Waals surface area contributed by atoms with Gasteiger partial charge in [-0.25, -0.2) is 0 Å². The minimum Gasteiger partial charge on any atom is -0.480 e. The lowest BCUT2D eigenvalue weighted by atomic mass is 9.90. The van der Waals surface area contributed by atoms with E-state index in [1.807, 2.05) is 6.92 Å². The molecule has 1 saturated carbocycles. The summed E-state index contributed by atoms with van der Waals surface area (Å²) in [6.07, 6.45) is 7.60. The molecule has 0 aromatic heterocycles. The van der Waals surface area contributed by atoms with Crippen LogP contribution in [-0.2, 0) is 4.79 Å². The minimum atomic E-state index is -0.717. The lowest BCUT2D eigenvalue weighted by Gasteiger charge is -2.30. The Hall–Kier alpha value is -0.610. The quantitative estimate of drug-likeness (QED) is 0.687. The fraction of sp³-hybridized carbons (Fsp3) is 0.941. The van der Waals surface area contributed by atoms with E-state index in [0.717, 1.165) is 44.2 Å². The highest BCUT2D eigenvalue weighted by molar-refractivity contribution is 5.78. The molecule has 2 rings (SSSR count). The number of hydrogen-bond donors (Lipinski definition) is 2. The molecule has 4 heteroatoms. The summed E-state index contributed by atoms with van der Waals surface area (Å²) in [5.41, 5.74) is -0.717. The average molecular weight is 296 g/mol. The van der Waals surface area contributed by atoms with E-state index >= 15 is 0 Å². The fourth-order valence-electron chi connectivity index (χ4n) is 4.21. The van der Waals surface area contributed by atoms with E-state index in [1.165, 1.54) is 32.4 Å². The van der Waals surface area contributed by atoms with Crippen molar-refractivity contribution in [2.24, 2.45) is 11.8 Å². The minimum absolute atomic E-state index is 0.660. The molecule has 0 aromatic rings. The van der Waals surface area contributed by atoms with E-state index in [9.17, 15) is 9.90 Å². The highest BCUT2D eigenvalue weighted by Gasteiger charge is 2.38. The lowest BCUT2D eigenvalue weighted by Crippen LogP contribution is -2.52. The molecular formula is C17H32N2O2. The number of carboxylic acids is 1. The summed E-state index contributed by atoms with van der Waals surface area (Å²) in [6, 6.07) is 0. The topological polar surface area (TPSA) is 52.6 Å². The van der Waals surface area contributed by atoms with Gasteiger partial charge in [0.15, 0.2) is 0 Å². The van der Waals surface area contributed by atoms with Crippen LogP contribution >= 0.6 is 0 Å². The number of likely N-dealkylation sites (tertiary alicyclic amines) is 1. The van der Waals surface area contributed by atoms with Gasteiger partial charge >= 0.3 is 5.97 Å². The summed E-state index contributed by atoms with van der Waals surface area (Å²) in [5.74, 6) is 1.17. The molecule has 122 valence electrons. The number of hydrogen-bond acceptors (Lipinski definition) is 3. The normalized spacial score (nSPS) is 28.5. The van der Waals surface area contributed by atoms with Crippen LogP contribution in [0.3, 0.4) is 0 Å². The van der Waals surface area contributed by atoms with E-state index in [-0.39, 0.29) is 0 Å². The molecule has 1 heterocycles. The predicted octanol–water partition coefficient (Wildman–Crippen LogP) is 2.73. The third kappa shape index (κ3) is 3.98. The molecule has 2 fully saturated rings. The molecule has 0 amide bonds. The highest BCUT2D eigenvalue weighted by Crippen LogP contribution is 2.37. The maximum absolute atomic E-state index is 11.7. The number of nitrogens with zero attached hydrogens (tertiary/aromatic N) is 1. The van der Waals surface area contributed by atoms with Gasteiger partial charge in [0, 0.05) is 13.1 Å². The molecule has 1 aliphatic carbocycles. The zero-order chi connectivity index (χ0) is 15.3. The van der Waals surface area contributed by atoms with E-state index in [4.69, 9.17) is 0 Å². The van der Waals surface area contributed by atoms with Crippen LogP contribution < -0.4 is 5.32 Å². The second kappa shape index (κ2) is 7.59. The van der Waals surface area contributed by atoms with Crippen molar-refractivity contribution in [3.05, 3.63) is 0 Å². The number of carbonyl (C=O) groups is 1. The summed E-state index contributed by atoms with van der Waals surface area (Å²) >= 11 is 0. The number of aliphatic carboxylic acids is 1. The van der Waals surface area contributed by atoms with Crippen molar-refractivity contribution in [2.45, 2.75) is 64.3 Å². The van der Waals surface area contributed by atoms with Gasteiger partial charge in [-0.15, -0.1) is 0 Å². The largest absolute Gasteiger partial charge is 0.480 e. The van der Waals surface area contributed by atoms with Crippen LogP contribution in [0.5, 0.6) is 0 Å². The Balaban J connectivity index is 1.77. The third-order valence-corrected chi connectivity index (χ3v) is 5.61. The number of carboxylic acid groups (broad SMARTS) is 1. The SMILES string of the molecule is CCCNC(CC)(CCCN1CC2CCCC2C1)C(=O)O. The third-order valence-electron chi connectivity index (χ3n) is 5.61. The second-order valence-electron chi connectivity index (χ2n) is 6.98. The summed E-state index contributed by atoms with van der Waals surface area (Å²) < 4.78 is 0. The highest BCUT2D eigenvalue weighted by atomic mass is 16.4. The van der Waals surface area contributed by atoms with Crippen LogP contribution in [0.4, 0.5) is 0 Å². The van der Waals surface area contributed by atoms with E-state index in [1.54, 1.807) is 0 Å². The first-order valence-corrected chi connectivity index (χ1v) is 8.82. The molecule has 0 radical (unpaired) electrons. The first kappa shape index (κ1) is 16.8. The summed E-state index contributed by atoms with van der Waals surface area (Å²) in [4.78, 5) is 14.2. The monoisotopic (exact) mass is 296 g/mol. The zero-order valence-electron chi connectivity index (χ0n) is 13.7. The van der Waals surface area contributed by atoms with Crippen molar-refractivity contribution in [3.8, 4) is 0 Å². The van der Waals surface area contributed by atoms with Gasteiger partial charge in [0.1, 0.15) is 5.54 Å². The Morgan fingerprint density at radius 1 is 1.29 bits per heavy atom. The molecule has 0 spiro atoms. The van der Waals surface area contributed by atoms with E-state index < -0.39 is 11.5 Å². The standard InChI is InChI=1S/C17H32N2O2/c1-3-10-18-17(4-2,16(20)21)9-6-11-19-12-14-7-5-8-15(14)13-19/h14-15,18H,3-13H2,1-2H3,(H,20,21). The fourth-order valence-corrected chi connectivity index (χ4v) is 4.21. The molecule has 4 nitrogen and oxygen atoms in total. The van der Waals surface area contributed by atoms with Gasteiger partial charge in [0.2, 0.25) is 0 Å². The van der Waals surface area contributed by atoms with Gasteiger partial charge in [-0.2, -0.15) is 0 Å². The molecule has 21 heavy (non-hydrogen) atoms. The predicted molar refractivity (Wildman–Crippen MR) is 85.5 cm³/mol. The van der Waals surface area contributed by atoms with Gasteiger partial charge < -0.3 is 15.3 Å². The van der Waals surface area contributed by atoms with Gasteiger partial charge in [0.05, 0.1) is 0 Å². The van der Waals surface area contributed by atoms with Crippen molar-refractivity contribution in [1.82, 2.24) is 10.2 Å². The summed E-state index contributed by atoms with van der Waals surface area (Å²) in [5, 5.41) is 12.9. The summed E-state index contributed by atoms with van der Waals surface area (Å²) in [7, 11) is 0. The zero-order valence-corrected chi connectivity index (χ0v) is 13.7. The molecule has 0 bridgehead atoms. The second-order valence-corrected chi connectivity index (χ2v) is 6.98. The number of fused-ring (bicyclic) bond motifs is 1. The summed E-state index contributed by atoms with van der Waals surface area (Å²) in [6.45, 7) is 8.41. The lowest BCUT2D eigenvalue weighted by molar-refractivity contribution is -0.145. The smallest absolute Gasteiger partial charge is 0.323 e. The number of nitrogens with one attached hydrogen (secondary N) is 1. The maximum atomic E-state index is 11.7. The maximum Gasteiger partial charge on any atom is 0.323 e. The van der Waals surface area contributed by atoms with Crippen LogP contribution in [-0.4, -0.2) is 47.7 Å². The molecular weight excluding hydrogens is 264 g/mol. The molecule has 3 unspecified atom stereocenters. The first-order valence-electron chi connectivity index (χ1n) is 8.82. The average Bonchev–Trinajstić information content (AvgIpc) is 3.03. The Labute approximate surface area is 129 Å². The molecule has 2 N–H and O–H groups in total. The molecule has 2 aliphatic rings. The van der Waals surface area contributed by atoms with E-state index in [2.05, 4.69) is 17.1 Å². The van der Waals surface area contributed by atoms with Crippen molar-refractivity contribution in [1.29, 1.82) is 0 Å². The van der Waals surface area contributed by atoms with Gasteiger partial charge in [-0.1, -0.05) is 20.3 Å². The van der Waals surface area contributed by atoms with Crippen LogP contribution in [0.25, 0.3) is 0 Å². The molecule has 0 aromatic carbocycles. The molecule has 3 atom stereocenters. The van der Waals surface area contributed by atoms with Crippen molar-refractivity contribution < 1.29 is 9.90 Å². The molecule has 1 saturated heterocycles. The van der Waals surface area contributed by atoms with Gasteiger partial charge in [0.25, 0.3) is 0 Å².